The Labute approximate surface area is 94.9 Å². The Balaban J connectivity index is 2.85. The number of nitrogens with two attached hydrogens (primary N) is 1. The van der Waals surface area contributed by atoms with Crippen LogP contribution in [0, 0.1) is 0 Å². The topological polar surface area (TPSA) is 48.0 Å². The second-order valence-corrected chi connectivity index (χ2v) is 3.93. The normalized spacial score (nSPS) is 10.2. The number of aryl methyl sites for hydroxylation is 1. The minimum Gasteiger partial charge on any atom is -0.389 e. The van der Waals surface area contributed by atoms with Crippen LogP contribution in [0.4, 0.5) is 0 Å². The molecule has 1 aromatic rings. The molecule has 2 N–H and O–H groups in total. The summed E-state index contributed by atoms with van der Waals surface area (Å²) in [6, 6.07) is 3.48. The number of hydrogen-bond donors (Lipinski definition) is 1. The van der Waals surface area contributed by atoms with E-state index in [0.29, 0.717) is 5.56 Å². The molecule has 3 nitrogen and oxygen atoms in total. The van der Waals surface area contributed by atoms with Crippen molar-refractivity contribution in [3.8, 4) is 0 Å². The fraction of sp³-hybridized carbons (Fsp3) is 0.455. The molecule has 15 heavy (non-hydrogen) atoms. The number of rotatable bonds is 5. The van der Waals surface area contributed by atoms with Crippen molar-refractivity contribution in [1.82, 2.24) is 4.57 Å². The van der Waals surface area contributed by atoms with Crippen LogP contribution in [0.15, 0.2) is 23.1 Å². The van der Waals surface area contributed by atoms with Crippen LogP contribution in [-0.4, -0.2) is 9.56 Å². The highest BCUT2D eigenvalue weighted by Crippen LogP contribution is 1.98. The second-order valence-electron chi connectivity index (χ2n) is 3.49. The van der Waals surface area contributed by atoms with Crippen LogP contribution in [0.2, 0.25) is 0 Å². The summed E-state index contributed by atoms with van der Waals surface area (Å²) in [6.07, 6.45) is 5.06. The number of pyridine rings is 1. The molecule has 0 fully saturated rings. The van der Waals surface area contributed by atoms with Crippen molar-refractivity contribution in [2.75, 3.05) is 0 Å². The number of thiocarbonyl (C=S) groups is 1. The molecule has 0 amide bonds. The van der Waals surface area contributed by atoms with E-state index in [1.165, 1.54) is 0 Å². The van der Waals surface area contributed by atoms with E-state index < -0.39 is 0 Å². The molecule has 0 aliphatic carbocycles. The van der Waals surface area contributed by atoms with Crippen LogP contribution in [0.25, 0.3) is 0 Å². The molecular formula is C11H16N2OS. The molecule has 0 atom stereocenters. The van der Waals surface area contributed by atoms with E-state index in [1.807, 2.05) is 6.07 Å². The number of unbranched alkanes of at least 4 members (excludes halogenated alkanes) is 2. The first-order chi connectivity index (χ1) is 7.16. The third kappa shape index (κ3) is 3.16. The van der Waals surface area contributed by atoms with E-state index in [1.54, 1.807) is 16.8 Å². The summed E-state index contributed by atoms with van der Waals surface area (Å²) in [5.74, 6) is 0. The smallest absolute Gasteiger partial charge is 0.260 e. The molecule has 1 heterocycles. The van der Waals surface area contributed by atoms with Gasteiger partial charge in [0.2, 0.25) is 0 Å². The average molecular weight is 224 g/mol. The SMILES string of the molecule is CCCCCn1cccc(C(N)=S)c1=O. The van der Waals surface area contributed by atoms with Gasteiger partial charge < -0.3 is 10.3 Å². The van der Waals surface area contributed by atoms with Gasteiger partial charge in [-0.15, -0.1) is 0 Å². The van der Waals surface area contributed by atoms with Gasteiger partial charge in [-0.05, 0) is 18.6 Å². The summed E-state index contributed by atoms with van der Waals surface area (Å²) in [5.41, 5.74) is 5.81. The molecule has 82 valence electrons. The standard InChI is InChI=1S/C11H16N2OS/c1-2-3-4-7-13-8-5-6-9(10(12)15)11(13)14/h5-6,8H,2-4,7H2,1H3,(H2,12,15). The Morgan fingerprint density at radius 2 is 2.27 bits per heavy atom. The first-order valence-corrected chi connectivity index (χ1v) is 5.57. The molecule has 0 aliphatic rings. The minimum atomic E-state index is -0.0823. The molecule has 0 spiro atoms. The fourth-order valence-electron chi connectivity index (χ4n) is 1.43. The molecular weight excluding hydrogens is 208 g/mol. The monoisotopic (exact) mass is 224 g/mol. The van der Waals surface area contributed by atoms with Gasteiger partial charge in [-0.25, -0.2) is 0 Å². The summed E-state index contributed by atoms with van der Waals surface area (Å²) in [5, 5.41) is 0. The number of hydrogen-bond acceptors (Lipinski definition) is 2. The van der Waals surface area contributed by atoms with Crippen LogP contribution in [0.1, 0.15) is 31.7 Å². The molecule has 0 radical (unpaired) electrons. The van der Waals surface area contributed by atoms with Crippen LogP contribution < -0.4 is 11.3 Å². The number of aromatic nitrogens is 1. The Bertz CT molecular complexity index is 398. The first-order valence-electron chi connectivity index (χ1n) is 5.16. The van der Waals surface area contributed by atoms with Gasteiger partial charge in [-0.3, -0.25) is 4.79 Å². The van der Waals surface area contributed by atoms with E-state index >= 15 is 0 Å². The lowest BCUT2D eigenvalue weighted by Crippen LogP contribution is -2.28. The van der Waals surface area contributed by atoms with E-state index in [0.717, 1.165) is 25.8 Å². The van der Waals surface area contributed by atoms with Crippen LogP contribution in [0.5, 0.6) is 0 Å². The van der Waals surface area contributed by atoms with Gasteiger partial charge in [-0.1, -0.05) is 32.0 Å². The molecule has 0 bridgehead atoms. The van der Waals surface area contributed by atoms with Crippen LogP contribution >= 0.6 is 12.2 Å². The van der Waals surface area contributed by atoms with Gasteiger partial charge in [-0.2, -0.15) is 0 Å². The lowest BCUT2D eigenvalue weighted by atomic mass is 10.2. The highest BCUT2D eigenvalue weighted by Gasteiger charge is 2.04. The molecule has 0 saturated heterocycles. The van der Waals surface area contributed by atoms with E-state index in [-0.39, 0.29) is 10.5 Å². The second kappa shape index (κ2) is 5.66. The van der Waals surface area contributed by atoms with E-state index in [9.17, 15) is 4.79 Å². The highest BCUT2D eigenvalue weighted by atomic mass is 32.1. The maximum Gasteiger partial charge on any atom is 0.260 e. The van der Waals surface area contributed by atoms with Crippen molar-refractivity contribution in [3.63, 3.8) is 0 Å². The predicted octanol–water partition coefficient (Wildman–Crippen LogP) is 1.67. The largest absolute Gasteiger partial charge is 0.389 e. The van der Waals surface area contributed by atoms with Gasteiger partial charge in [0.25, 0.3) is 5.56 Å². The van der Waals surface area contributed by atoms with Crippen molar-refractivity contribution < 1.29 is 0 Å². The highest BCUT2D eigenvalue weighted by molar-refractivity contribution is 7.80. The first kappa shape index (κ1) is 11.9. The van der Waals surface area contributed by atoms with Gasteiger partial charge in [0, 0.05) is 12.7 Å². The lowest BCUT2D eigenvalue weighted by molar-refractivity contribution is 0.587. The number of nitrogens with zero attached hydrogens (tertiary/aromatic N) is 1. The lowest BCUT2D eigenvalue weighted by Gasteiger charge is -2.06. The maximum absolute atomic E-state index is 11.8. The minimum absolute atomic E-state index is 0.0823. The predicted molar refractivity (Wildman–Crippen MR) is 66.1 cm³/mol. The van der Waals surface area contributed by atoms with Gasteiger partial charge in [0.1, 0.15) is 4.99 Å². The molecule has 1 rings (SSSR count). The van der Waals surface area contributed by atoms with Crippen molar-refractivity contribution in [1.29, 1.82) is 0 Å². The van der Waals surface area contributed by atoms with Crippen molar-refractivity contribution in [2.24, 2.45) is 5.73 Å². The van der Waals surface area contributed by atoms with Crippen molar-refractivity contribution in [2.45, 2.75) is 32.7 Å². The summed E-state index contributed by atoms with van der Waals surface area (Å²) >= 11 is 4.81. The third-order valence-corrected chi connectivity index (χ3v) is 2.51. The van der Waals surface area contributed by atoms with E-state index in [2.05, 4.69) is 6.92 Å². The van der Waals surface area contributed by atoms with Crippen LogP contribution in [0.3, 0.4) is 0 Å². The Morgan fingerprint density at radius 3 is 2.87 bits per heavy atom. The summed E-state index contributed by atoms with van der Waals surface area (Å²) in [7, 11) is 0. The Morgan fingerprint density at radius 1 is 1.53 bits per heavy atom. The van der Waals surface area contributed by atoms with Crippen LogP contribution in [-0.2, 0) is 6.54 Å². The zero-order valence-corrected chi connectivity index (χ0v) is 9.72. The molecule has 0 aliphatic heterocycles. The van der Waals surface area contributed by atoms with Gasteiger partial charge in [0.05, 0.1) is 5.56 Å². The maximum atomic E-state index is 11.8. The van der Waals surface area contributed by atoms with Gasteiger partial charge in [0.15, 0.2) is 0 Å². The zero-order chi connectivity index (χ0) is 11.3. The quantitative estimate of drug-likeness (QED) is 0.611. The summed E-state index contributed by atoms with van der Waals surface area (Å²) in [4.78, 5) is 12.0. The molecule has 0 saturated carbocycles. The average Bonchev–Trinajstić information content (AvgIpc) is 2.20. The molecule has 0 aromatic carbocycles. The Kier molecular flexibility index (Phi) is 4.49. The van der Waals surface area contributed by atoms with Crippen molar-refractivity contribution >= 4 is 17.2 Å². The fourth-order valence-corrected chi connectivity index (χ4v) is 1.59. The van der Waals surface area contributed by atoms with Crippen molar-refractivity contribution in [3.05, 3.63) is 34.2 Å². The van der Waals surface area contributed by atoms with Gasteiger partial charge >= 0.3 is 0 Å². The summed E-state index contributed by atoms with van der Waals surface area (Å²) < 4.78 is 1.67. The molecule has 1 aromatic heterocycles. The van der Waals surface area contributed by atoms with E-state index in [4.69, 9.17) is 18.0 Å². The molecule has 0 unspecified atom stereocenters. The third-order valence-electron chi connectivity index (χ3n) is 2.29. The zero-order valence-electron chi connectivity index (χ0n) is 8.90. The summed E-state index contributed by atoms with van der Waals surface area (Å²) in [6.45, 7) is 2.87. The Hall–Kier alpha value is -1.16. The molecule has 4 heteroatoms.